The number of hydrogen-bond donors (Lipinski definition) is 1. The smallest absolute Gasteiger partial charge is 0.416 e. The van der Waals surface area contributed by atoms with Gasteiger partial charge in [-0.1, -0.05) is 6.07 Å². The van der Waals surface area contributed by atoms with E-state index in [1.54, 1.807) is 12.1 Å². The van der Waals surface area contributed by atoms with Gasteiger partial charge in [-0.2, -0.15) is 17.5 Å². The number of halogens is 3. The summed E-state index contributed by atoms with van der Waals surface area (Å²) in [6, 6.07) is 13.8. The summed E-state index contributed by atoms with van der Waals surface area (Å²) in [6.45, 7) is 1.93. The average molecular weight is 631 g/mol. The molecule has 3 aromatic rings. The Bertz CT molecular complexity index is 1570. The second-order valence-corrected chi connectivity index (χ2v) is 13.2. The molecule has 13 heteroatoms. The Labute approximate surface area is 254 Å². The maximum atomic E-state index is 13.0. The maximum Gasteiger partial charge on any atom is 0.416 e. The van der Waals surface area contributed by atoms with Crippen molar-refractivity contribution >= 4 is 21.6 Å². The van der Waals surface area contributed by atoms with E-state index in [0.29, 0.717) is 69.8 Å². The van der Waals surface area contributed by atoms with Crippen molar-refractivity contribution in [1.29, 1.82) is 0 Å². The van der Waals surface area contributed by atoms with E-state index in [-0.39, 0.29) is 22.9 Å². The van der Waals surface area contributed by atoms with Crippen LogP contribution >= 0.6 is 0 Å². The fourth-order valence-corrected chi connectivity index (χ4v) is 7.33. The number of nitrogens with one attached hydrogen (secondary N) is 1. The first-order valence-corrected chi connectivity index (χ1v) is 16.1. The quantitative estimate of drug-likeness (QED) is 0.413. The molecule has 0 radical (unpaired) electrons. The largest absolute Gasteiger partial charge is 0.490 e. The third kappa shape index (κ3) is 6.63. The third-order valence-electron chi connectivity index (χ3n) is 8.38. The molecule has 3 aliphatic rings. The number of carbonyl (C=O) groups is 1. The van der Waals surface area contributed by atoms with Crippen molar-refractivity contribution in [2.75, 3.05) is 31.1 Å². The number of sulfonamides is 1. The normalized spacial score (nSPS) is 20.2. The van der Waals surface area contributed by atoms with E-state index in [1.165, 1.54) is 34.9 Å². The number of benzene rings is 2. The molecule has 234 valence electrons. The molecule has 1 atom stereocenters. The SMILES string of the molecule is O=C(NC1CCN(S(=O)(=O)c2cccnc2)CC1)C1Cc2ccc(OC3CCN(c4ccc(C(F)(F)F)cc4)CC3)cc2O1. The molecule has 0 bridgehead atoms. The van der Waals surface area contributed by atoms with Crippen molar-refractivity contribution in [2.24, 2.45) is 0 Å². The number of piperidine rings is 2. The van der Waals surface area contributed by atoms with Gasteiger partial charge in [0.15, 0.2) is 6.10 Å². The monoisotopic (exact) mass is 630 g/mol. The number of fused-ring (bicyclic) bond motifs is 1. The minimum absolute atomic E-state index is 0.0490. The van der Waals surface area contributed by atoms with Crippen LogP contribution in [0.4, 0.5) is 18.9 Å². The second kappa shape index (κ2) is 12.3. The molecular formula is C31H33F3N4O5S. The van der Waals surface area contributed by atoms with E-state index in [0.717, 1.165) is 23.4 Å². The van der Waals surface area contributed by atoms with Gasteiger partial charge in [-0.05, 0) is 60.9 Å². The number of alkyl halides is 3. The second-order valence-electron chi connectivity index (χ2n) is 11.3. The molecule has 1 N–H and O–H groups in total. The molecule has 0 aliphatic carbocycles. The van der Waals surface area contributed by atoms with E-state index < -0.39 is 27.9 Å². The summed E-state index contributed by atoms with van der Waals surface area (Å²) in [5, 5.41) is 3.03. The minimum atomic E-state index is -4.35. The van der Waals surface area contributed by atoms with Gasteiger partial charge in [-0.3, -0.25) is 9.78 Å². The molecular weight excluding hydrogens is 597 g/mol. The number of pyridine rings is 1. The molecule has 2 saturated heterocycles. The van der Waals surface area contributed by atoms with Gasteiger partial charge in [0.1, 0.15) is 22.5 Å². The van der Waals surface area contributed by atoms with Gasteiger partial charge in [0.25, 0.3) is 5.91 Å². The summed E-state index contributed by atoms with van der Waals surface area (Å²) in [4.78, 5) is 19.1. The Kier molecular flexibility index (Phi) is 8.42. The number of nitrogens with zero attached hydrogens (tertiary/aromatic N) is 3. The van der Waals surface area contributed by atoms with Crippen LogP contribution in [0.5, 0.6) is 11.5 Å². The molecule has 0 spiro atoms. The van der Waals surface area contributed by atoms with E-state index in [9.17, 15) is 26.4 Å². The number of carbonyl (C=O) groups excluding carboxylic acids is 1. The molecule has 1 unspecified atom stereocenters. The Balaban J connectivity index is 0.964. The van der Waals surface area contributed by atoms with Crippen molar-refractivity contribution in [3.8, 4) is 11.5 Å². The van der Waals surface area contributed by atoms with Gasteiger partial charge in [-0.15, -0.1) is 0 Å². The highest BCUT2D eigenvalue weighted by atomic mass is 32.2. The van der Waals surface area contributed by atoms with Gasteiger partial charge in [0.05, 0.1) is 5.56 Å². The van der Waals surface area contributed by atoms with Crippen LogP contribution in [0.1, 0.15) is 36.8 Å². The van der Waals surface area contributed by atoms with Crippen LogP contribution in [0.25, 0.3) is 0 Å². The first-order valence-electron chi connectivity index (χ1n) is 14.7. The number of amides is 1. The van der Waals surface area contributed by atoms with Crippen molar-refractivity contribution in [3.05, 3.63) is 78.1 Å². The zero-order valence-electron chi connectivity index (χ0n) is 23.9. The molecule has 44 heavy (non-hydrogen) atoms. The number of hydrogen-bond acceptors (Lipinski definition) is 7. The van der Waals surface area contributed by atoms with Crippen LogP contribution in [0.3, 0.4) is 0 Å². The fourth-order valence-electron chi connectivity index (χ4n) is 5.90. The Morgan fingerprint density at radius 3 is 2.36 bits per heavy atom. The van der Waals surface area contributed by atoms with Gasteiger partial charge < -0.3 is 19.7 Å². The van der Waals surface area contributed by atoms with Crippen molar-refractivity contribution < 1.29 is 35.9 Å². The molecule has 6 rings (SSSR count). The van der Waals surface area contributed by atoms with Crippen LogP contribution in [0.2, 0.25) is 0 Å². The number of rotatable bonds is 7. The fraction of sp³-hybridized carbons (Fsp3) is 0.419. The average Bonchev–Trinajstić information content (AvgIpc) is 3.46. The summed E-state index contributed by atoms with van der Waals surface area (Å²) in [5.41, 5.74) is 1.01. The maximum absolute atomic E-state index is 13.0. The number of aromatic nitrogens is 1. The topological polar surface area (TPSA) is 101 Å². The molecule has 2 fully saturated rings. The Hall–Kier alpha value is -3.84. The Morgan fingerprint density at radius 2 is 1.70 bits per heavy atom. The van der Waals surface area contributed by atoms with Gasteiger partial charge in [0.2, 0.25) is 10.0 Å². The predicted octanol–water partition coefficient (Wildman–Crippen LogP) is 4.42. The lowest BCUT2D eigenvalue weighted by atomic mass is 10.0. The summed E-state index contributed by atoms with van der Waals surface area (Å²) < 4.78 is 77.9. The van der Waals surface area contributed by atoms with Crippen LogP contribution in [-0.4, -0.2) is 68.0 Å². The molecule has 2 aromatic carbocycles. The molecule has 1 amide bonds. The summed E-state index contributed by atoms with van der Waals surface area (Å²) in [7, 11) is -3.62. The zero-order valence-corrected chi connectivity index (χ0v) is 24.7. The highest BCUT2D eigenvalue weighted by Crippen LogP contribution is 2.35. The summed E-state index contributed by atoms with van der Waals surface area (Å²) >= 11 is 0. The highest BCUT2D eigenvalue weighted by molar-refractivity contribution is 7.89. The minimum Gasteiger partial charge on any atom is -0.490 e. The number of ether oxygens (including phenoxy) is 2. The summed E-state index contributed by atoms with van der Waals surface area (Å²) in [5.74, 6) is 1.01. The third-order valence-corrected chi connectivity index (χ3v) is 10.3. The predicted molar refractivity (Wildman–Crippen MR) is 156 cm³/mol. The van der Waals surface area contributed by atoms with Gasteiger partial charge in [-0.25, -0.2) is 8.42 Å². The van der Waals surface area contributed by atoms with Crippen molar-refractivity contribution in [2.45, 2.75) is 61.4 Å². The van der Waals surface area contributed by atoms with Gasteiger partial charge >= 0.3 is 6.18 Å². The summed E-state index contributed by atoms with van der Waals surface area (Å²) in [6.07, 6.45) is 0.649. The van der Waals surface area contributed by atoms with Crippen LogP contribution in [-0.2, 0) is 27.4 Å². The molecule has 3 aliphatic heterocycles. The lowest BCUT2D eigenvalue weighted by molar-refractivity contribution is -0.137. The molecule has 4 heterocycles. The first-order chi connectivity index (χ1) is 21.1. The lowest BCUT2D eigenvalue weighted by Gasteiger charge is -2.34. The Morgan fingerprint density at radius 1 is 0.977 bits per heavy atom. The first kappa shape index (κ1) is 30.2. The van der Waals surface area contributed by atoms with E-state index >= 15 is 0 Å². The van der Waals surface area contributed by atoms with Crippen LogP contribution in [0, 0.1) is 0 Å². The number of anilines is 1. The highest BCUT2D eigenvalue weighted by Gasteiger charge is 2.34. The standard InChI is InChI=1S/C31H33F3N4O5S/c32-31(33,34)22-4-6-24(7-5-22)37-14-11-25(12-15-37)42-26-8-3-21-18-29(43-28(21)19-26)30(39)36-23-9-16-38(17-10-23)44(40,41)27-2-1-13-35-20-27/h1-8,13,19-20,23,25,29H,9-12,14-18H2,(H,36,39). The van der Waals surface area contributed by atoms with Crippen molar-refractivity contribution in [3.63, 3.8) is 0 Å². The molecule has 9 nitrogen and oxygen atoms in total. The lowest BCUT2D eigenvalue weighted by Crippen LogP contribution is -2.49. The van der Waals surface area contributed by atoms with Crippen LogP contribution < -0.4 is 19.7 Å². The zero-order chi connectivity index (χ0) is 30.9. The van der Waals surface area contributed by atoms with Crippen molar-refractivity contribution in [1.82, 2.24) is 14.6 Å². The van der Waals surface area contributed by atoms with Gasteiger partial charge in [0, 0.05) is 75.6 Å². The van der Waals surface area contributed by atoms with E-state index in [2.05, 4.69) is 15.2 Å². The van der Waals surface area contributed by atoms with E-state index in [1.807, 2.05) is 12.1 Å². The van der Waals surface area contributed by atoms with Crippen LogP contribution in [0.15, 0.2) is 71.9 Å². The van der Waals surface area contributed by atoms with E-state index in [4.69, 9.17) is 9.47 Å². The molecule has 0 saturated carbocycles. The molecule has 1 aromatic heterocycles.